The van der Waals surface area contributed by atoms with Crippen LogP contribution in [-0.2, 0) is 9.53 Å². The number of ether oxygens (including phenoxy) is 1. The highest BCUT2D eigenvalue weighted by Crippen LogP contribution is 2.24. The van der Waals surface area contributed by atoms with Crippen LogP contribution in [0.2, 0.25) is 0 Å². The van der Waals surface area contributed by atoms with Crippen LogP contribution in [0.25, 0.3) is 0 Å². The van der Waals surface area contributed by atoms with Crippen LogP contribution in [0.5, 0.6) is 0 Å². The summed E-state index contributed by atoms with van der Waals surface area (Å²) in [5.74, 6) is -0.749. The number of halogens is 3. The average Bonchev–Trinajstić information content (AvgIpc) is 2.14. The predicted molar refractivity (Wildman–Crippen MR) is 51.7 cm³/mol. The van der Waals surface area contributed by atoms with Gasteiger partial charge in [0.1, 0.15) is 6.10 Å². The van der Waals surface area contributed by atoms with E-state index in [9.17, 15) is 18.0 Å². The Morgan fingerprint density at radius 3 is 2.31 bits per heavy atom. The van der Waals surface area contributed by atoms with Gasteiger partial charge in [0, 0.05) is 12.0 Å². The summed E-state index contributed by atoms with van der Waals surface area (Å²) in [6.45, 7) is 6.28. The minimum Gasteiger partial charge on any atom is -0.459 e. The molecule has 3 nitrogen and oxygen atoms in total. The van der Waals surface area contributed by atoms with Gasteiger partial charge in [-0.3, -0.25) is 0 Å². The molecule has 0 fully saturated rings. The van der Waals surface area contributed by atoms with Gasteiger partial charge in [-0.15, -0.1) is 0 Å². The molecule has 1 N–H and O–H groups in total. The Kier molecular flexibility index (Phi) is 5.50. The van der Waals surface area contributed by atoms with E-state index in [4.69, 9.17) is 9.84 Å². The lowest BCUT2D eigenvalue weighted by Crippen LogP contribution is -2.34. The number of carbonyl (C=O) groups is 1. The summed E-state index contributed by atoms with van der Waals surface area (Å²) in [6, 6.07) is 0. The largest absolute Gasteiger partial charge is 0.459 e. The Morgan fingerprint density at radius 1 is 1.50 bits per heavy atom. The fraction of sp³-hybridized carbons (Fsp3) is 0.700. The van der Waals surface area contributed by atoms with Gasteiger partial charge >= 0.3 is 12.1 Å². The SMILES string of the molecule is C=C(C)C(=O)OC(CC)CC(O)C(F)(F)F. The molecule has 0 amide bonds. The molecule has 0 radical (unpaired) electrons. The molecule has 0 aliphatic rings. The topological polar surface area (TPSA) is 46.5 Å². The molecule has 0 aliphatic heterocycles. The third kappa shape index (κ3) is 5.16. The van der Waals surface area contributed by atoms with Crippen LogP contribution < -0.4 is 0 Å². The maximum atomic E-state index is 12.0. The number of alkyl halides is 3. The van der Waals surface area contributed by atoms with Crippen molar-refractivity contribution in [1.82, 2.24) is 0 Å². The van der Waals surface area contributed by atoms with E-state index in [1.165, 1.54) is 6.92 Å². The minimum atomic E-state index is -4.69. The summed E-state index contributed by atoms with van der Waals surface area (Å²) >= 11 is 0. The zero-order valence-corrected chi connectivity index (χ0v) is 9.17. The minimum absolute atomic E-state index is 0.111. The van der Waals surface area contributed by atoms with E-state index in [-0.39, 0.29) is 12.0 Å². The molecule has 0 spiro atoms. The molecular formula is C10H15F3O3. The van der Waals surface area contributed by atoms with Crippen molar-refractivity contribution >= 4 is 5.97 Å². The van der Waals surface area contributed by atoms with Crippen molar-refractivity contribution in [3.05, 3.63) is 12.2 Å². The molecule has 0 rings (SSSR count). The standard InChI is InChI=1S/C10H15F3O3/c1-4-7(16-9(15)6(2)3)5-8(14)10(11,12)13/h7-8,14H,2,4-5H2,1,3H3. The third-order valence-corrected chi connectivity index (χ3v) is 1.94. The van der Waals surface area contributed by atoms with E-state index < -0.39 is 30.8 Å². The summed E-state index contributed by atoms with van der Waals surface area (Å²) in [7, 11) is 0. The zero-order valence-electron chi connectivity index (χ0n) is 9.17. The first-order chi connectivity index (χ1) is 7.18. The molecule has 2 unspecified atom stereocenters. The van der Waals surface area contributed by atoms with E-state index in [2.05, 4.69) is 6.58 Å². The van der Waals surface area contributed by atoms with Gasteiger partial charge in [-0.05, 0) is 13.3 Å². The number of aliphatic hydroxyl groups excluding tert-OH is 1. The van der Waals surface area contributed by atoms with E-state index >= 15 is 0 Å². The zero-order chi connectivity index (χ0) is 12.9. The number of aliphatic hydroxyl groups is 1. The van der Waals surface area contributed by atoms with Crippen molar-refractivity contribution in [2.24, 2.45) is 0 Å². The van der Waals surface area contributed by atoms with Crippen LogP contribution in [-0.4, -0.2) is 29.5 Å². The van der Waals surface area contributed by atoms with Crippen LogP contribution in [0, 0.1) is 0 Å². The summed E-state index contributed by atoms with van der Waals surface area (Å²) in [5.41, 5.74) is 0.111. The summed E-state index contributed by atoms with van der Waals surface area (Å²) < 4.78 is 40.8. The van der Waals surface area contributed by atoms with Crippen LogP contribution in [0.4, 0.5) is 13.2 Å². The molecule has 6 heteroatoms. The first-order valence-electron chi connectivity index (χ1n) is 4.79. The highest BCUT2D eigenvalue weighted by atomic mass is 19.4. The van der Waals surface area contributed by atoms with Gasteiger partial charge in [0.25, 0.3) is 0 Å². The third-order valence-electron chi connectivity index (χ3n) is 1.94. The van der Waals surface area contributed by atoms with Gasteiger partial charge in [0.2, 0.25) is 0 Å². The Labute approximate surface area is 91.9 Å². The molecule has 94 valence electrons. The molecule has 0 aromatic heterocycles. The lowest BCUT2D eigenvalue weighted by Gasteiger charge is -2.21. The van der Waals surface area contributed by atoms with E-state index in [1.54, 1.807) is 6.92 Å². The lowest BCUT2D eigenvalue weighted by molar-refractivity contribution is -0.212. The van der Waals surface area contributed by atoms with Crippen LogP contribution >= 0.6 is 0 Å². The highest BCUT2D eigenvalue weighted by molar-refractivity contribution is 5.87. The second-order valence-electron chi connectivity index (χ2n) is 3.51. The van der Waals surface area contributed by atoms with Crippen molar-refractivity contribution < 1.29 is 27.8 Å². The highest BCUT2D eigenvalue weighted by Gasteiger charge is 2.39. The maximum Gasteiger partial charge on any atom is 0.414 e. The van der Waals surface area contributed by atoms with Crippen molar-refractivity contribution in [3.63, 3.8) is 0 Å². The fourth-order valence-corrected chi connectivity index (χ4v) is 0.933. The first-order valence-corrected chi connectivity index (χ1v) is 4.79. The maximum absolute atomic E-state index is 12.0. The number of rotatable bonds is 5. The molecule has 0 aliphatic carbocycles. The van der Waals surface area contributed by atoms with Gasteiger partial charge in [0.15, 0.2) is 6.10 Å². The second-order valence-corrected chi connectivity index (χ2v) is 3.51. The molecule has 2 atom stereocenters. The molecule has 0 bridgehead atoms. The number of hydrogen-bond donors (Lipinski definition) is 1. The first kappa shape index (κ1) is 15.0. The monoisotopic (exact) mass is 240 g/mol. The summed E-state index contributed by atoms with van der Waals surface area (Å²) in [5, 5.41) is 8.80. The normalized spacial score (nSPS) is 15.4. The lowest BCUT2D eigenvalue weighted by atomic mass is 10.1. The molecule has 16 heavy (non-hydrogen) atoms. The van der Waals surface area contributed by atoms with Gasteiger partial charge in [-0.2, -0.15) is 13.2 Å². The summed E-state index contributed by atoms with van der Waals surface area (Å²) in [4.78, 5) is 11.1. The van der Waals surface area contributed by atoms with E-state index in [1.807, 2.05) is 0 Å². The molecule has 0 heterocycles. The number of hydrogen-bond acceptors (Lipinski definition) is 3. The Hall–Kier alpha value is -1.04. The van der Waals surface area contributed by atoms with Gasteiger partial charge in [-0.25, -0.2) is 4.79 Å². The van der Waals surface area contributed by atoms with E-state index in [0.29, 0.717) is 0 Å². The van der Waals surface area contributed by atoms with E-state index in [0.717, 1.165) is 0 Å². The number of carbonyl (C=O) groups excluding carboxylic acids is 1. The Bertz CT molecular complexity index is 261. The fourth-order valence-electron chi connectivity index (χ4n) is 0.933. The van der Waals surface area contributed by atoms with Gasteiger partial charge in [-0.1, -0.05) is 13.5 Å². The Morgan fingerprint density at radius 2 is 2.00 bits per heavy atom. The van der Waals surface area contributed by atoms with Crippen LogP contribution in [0.3, 0.4) is 0 Å². The second kappa shape index (κ2) is 5.89. The summed E-state index contributed by atoms with van der Waals surface area (Å²) in [6.07, 6.45) is -8.58. The molecule has 0 saturated carbocycles. The average molecular weight is 240 g/mol. The molecule has 0 saturated heterocycles. The quantitative estimate of drug-likeness (QED) is 0.592. The van der Waals surface area contributed by atoms with Crippen molar-refractivity contribution in [2.75, 3.05) is 0 Å². The van der Waals surface area contributed by atoms with Gasteiger partial charge in [0.05, 0.1) is 0 Å². The molecular weight excluding hydrogens is 225 g/mol. The van der Waals surface area contributed by atoms with Crippen molar-refractivity contribution in [2.45, 2.75) is 45.1 Å². The number of esters is 1. The van der Waals surface area contributed by atoms with Crippen LogP contribution in [0.1, 0.15) is 26.7 Å². The Balaban J connectivity index is 4.32. The molecule has 0 aromatic rings. The van der Waals surface area contributed by atoms with Crippen molar-refractivity contribution in [3.8, 4) is 0 Å². The molecule has 0 aromatic carbocycles. The van der Waals surface area contributed by atoms with Gasteiger partial charge < -0.3 is 9.84 Å². The van der Waals surface area contributed by atoms with Crippen molar-refractivity contribution in [1.29, 1.82) is 0 Å². The van der Waals surface area contributed by atoms with Crippen LogP contribution in [0.15, 0.2) is 12.2 Å². The smallest absolute Gasteiger partial charge is 0.414 e. The predicted octanol–water partition coefficient (Wildman–Crippen LogP) is 2.20.